The second-order valence-corrected chi connectivity index (χ2v) is 6.31. The van der Waals surface area contributed by atoms with Crippen molar-refractivity contribution in [2.24, 2.45) is 0 Å². The first-order chi connectivity index (χ1) is 13.5. The maximum atomic E-state index is 12.9. The molecule has 3 aromatic rings. The number of aromatic nitrogens is 3. The number of carbonyl (C=O) groups excluding carboxylic acids is 1. The molecule has 0 spiro atoms. The van der Waals surface area contributed by atoms with Crippen LogP contribution in [0.1, 0.15) is 42.0 Å². The molecule has 1 N–H and O–H groups in total. The van der Waals surface area contributed by atoms with E-state index in [4.69, 9.17) is 4.74 Å². The Balaban J connectivity index is 2.01. The topological polar surface area (TPSA) is 68.5 Å². The molecule has 0 bridgehead atoms. The van der Waals surface area contributed by atoms with E-state index in [1.165, 1.54) is 18.2 Å². The number of alkyl halides is 5. The number of pyridine rings is 2. The number of nitrogens with zero attached hydrogens (tertiary/aromatic N) is 3. The standard InChI is InChI=1S/C18H15F5N4O2/c1-9(2)29-12-6-15-25-13(18(21,22)23)8-27(15)7-10(12)17(28)26-14-5-3-4-11(24-14)16(19)20/h3-9,16H,1-2H3,(H,24,26,28). The lowest BCUT2D eigenvalue weighted by atomic mass is 10.2. The Kier molecular flexibility index (Phi) is 5.40. The average Bonchev–Trinajstić information content (AvgIpc) is 3.04. The van der Waals surface area contributed by atoms with Crippen LogP contribution in [-0.4, -0.2) is 26.4 Å². The number of halogens is 5. The van der Waals surface area contributed by atoms with E-state index in [1.807, 2.05) is 0 Å². The first kappa shape index (κ1) is 20.5. The Labute approximate surface area is 161 Å². The molecule has 0 aliphatic heterocycles. The summed E-state index contributed by atoms with van der Waals surface area (Å²) in [6, 6.07) is 4.91. The zero-order valence-electron chi connectivity index (χ0n) is 15.2. The van der Waals surface area contributed by atoms with Crippen molar-refractivity contribution >= 4 is 17.4 Å². The SMILES string of the molecule is CC(C)Oc1cc2nc(C(F)(F)F)cn2cc1C(=O)Nc1cccc(C(F)F)n1. The Morgan fingerprint density at radius 2 is 1.90 bits per heavy atom. The molecule has 0 aliphatic carbocycles. The summed E-state index contributed by atoms with van der Waals surface area (Å²) in [6.07, 6.45) is -6.01. The highest BCUT2D eigenvalue weighted by molar-refractivity contribution is 6.05. The molecule has 0 saturated heterocycles. The van der Waals surface area contributed by atoms with Gasteiger partial charge in [-0.15, -0.1) is 0 Å². The maximum Gasteiger partial charge on any atom is 0.434 e. The zero-order chi connectivity index (χ0) is 21.3. The Morgan fingerprint density at radius 3 is 2.52 bits per heavy atom. The van der Waals surface area contributed by atoms with Gasteiger partial charge in [-0.25, -0.2) is 18.7 Å². The van der Waals surface area contributed by atoms with Crippen LogP contribution in [-0.2, 0) is 6.18 Å². The number of ether oxygens (including phenoxy) is 1. The van der Waals surface area contributed by atoms with Crippen LogP contribution in [0.5, 0.6) is 5.75 Å². The monoisotopic (exact) mass is 414 g/mol. The quantitative estimate of drug-likeness (QED) is 0.614. The van der Waals surface area contributed by atoms with Gasteiger partial charge in [-0.2, -0.15) is 13.2 Å². The predicted octanol–water partition coefficient (Wildman–Crippen LogP) is 4.73. The van der Waals surface area contributed by atoms with Gasteiger partial charge in [0, 0.05) is 18.5 Å². The summed E-state index contributed by atoms with van der Waals surface area (Å²) < 4.78 is 70.9. The summed E-state index contributed by atoms with van der Waals surface area (Å²) in [7, 11) is 0. The number of hydrogen-bond acceptors (Lipinski definition) is 4. The number of carbonyl (C=O) groups is 1. The van der Waals surface area contributed by atoms with Crippen LogP contribution in [0.4, 0.5) is 27.8 Å². The number of rotatable bonds is 5. The van der Waals surface area contributed by atoms with Crippen molar-refractivity contribution in [2.75, 3.05) is 5.32 Å². The highest BCUT2D eigenvalue weighted by Gasteiger charge is 2.34. The van der Waals surface area contributed by atoms with Gasteiger partial charge < -0.3 is 14.5 Å². The van der Waals surface area contributed by atoms with Crippen molar-refractivity contribution in [3.63, 3.8) is 0 Å². The Hall–Kier alpha value is -3.24. The molecule has 6 nitrogen and oxygen atoms in total. The van der Waals surface area contributed by atoms with E-state index in [1.54, 1.807) is 13.8 Å². The molecule has 0 aromatic carbocycles. The normalized spacial score (nSPS) is 12.0. The molecule has 0 fully saturated rings. The Bertz CT molecular complexity index is 1050. The molecule has 11 heteroatoms. The molecular formula is C18H15F5N4O2. The molecule has 1 amide bonds. The van der Waals surface area contributed by atoms with Crippen molar-refractivity contribution in [1.29, 1.82) is 0 Å². The minimum absolute atomic E-state index is 0.00524. The molecule has 3 rings (SSSR count). The summed E-state index contributed by atoms with van der Waals surface area (Å²) in [5.41, 5.74) is -1.83. The lowest BCUT2D eigenvalue weighted by Crippen LogP contribution is -2.17. The third kappa shape index (κ3) is 4.61. The van der Waals surface area contributed by atoms with Crippen LogP contribution < -0.4 is 10.1 Å². The van der Waals surface area contributed by atoms with Gasteiger partial charge in [0.05, 0.1) is 11.7 Å². The van der Waals surface area contributed by atoms with Gasteiger partial charge >= 0.3 is 6.18 Å². The number of nitrogens with one attached hydrogen (secondary N) is 1. The Morgan fingerprint density at radius 1 is 1.17 bits per heavy atom. The molecule has 0 radical (unpaired) electrons. The van der Waals surface area contributed by atoms with Gasteiger partial charge in [-0.05, 0) is 26.0 Å². The van der Waals surface area contributed by atoms with E-state index in [-0.39, 0.29) is 28.9 Å². The highest BCUT2D eigenvalue weighted by atomic mass is 19.4. The van der Waals surface area contributed by atoms with Crippen molar-refractivity contribution in [3.05, 3.63) is 53.6 Å². The van der Waals surface area contributed by atoms with E-state index >= 15 is 0 Å². The number of amides is 1. The second-order valence-electron chi connectivity index (χ2n) is 6.31. The van der Waals surface area contributed by atoms with Gasteiger partial charge in [-0.3, -0.25) is 4.79 Å². The molecule has 3 aromatic heterocycles. The molecular weight excluding hydrogens is 399 g/mol. The van der Waals surface area contributed by atoms with Crippen LogP contribution in [0, 0.1) is 0 Å². The highest BCUT2D eigenvalue weighted by Crippen LogP contribution is 2.30. The fourth-order valence-electron chi connectivity index (χ4n) is 2.50. The predicted molar refractivity (Wildman–Crippen MR) is 93.1 cm³/mol. The van der Waals surface area contributed by atoms with E-state index in [9.17, 15) is 26.7 Å². The molecule has 0 saturated carbocycles. The third-order valence-electron chi connectivity index (χ3n) is 3.69. The average molecular weight is 414 g/mol. The van der Waals surface area contributed by atoms with Gasteiger partial charge in [0.2, 0.25) is 0 Å². The summed E-state index contributed by atoms with van der Waals surface area (Å²) in [4.78, 5) is 19.8. The lowest BCUT2D eigenvalue weighted by Gasteiger charge is -2.14. The first-order valence-corrected chi connectivity index (χ1v) is 8.37. The minimum Gasteiger partial charge on any atom is -0.490 e. The summed E-state index contributed by atoms with van der Waals surface area (Å²) in [5.74, 6) is -0.928. The summed E-state index contributed by atoms with van der Waals surface area (Å²) in [5, 5.41) is 2.35. The third-order valence-corrected chi connectivity index (χ3v) is 3.69. The number of hydrogen-bond donors (Lipinski definition) is 1. The molecule has 154 valence electrons. The maximum absolute atomic E-state index is 12.9. The van der Waals surface area contributed by atoms with Crippen molar-refractivity contribution < 1.29 is 31.5 Å². The van der Waals surface area contributed by atoms with Gasteiger partial charge in [0.25, 0.3) is 12.3 Å². The second kappa shape index (κ2) is 7.64. The molecule has 29 heavy (non-hydrogen) atoms. The van der Waals surface area contributed by atoms with Crippen LogP contribution in [0.15, 0.2) is 36.7 Å². The smallest absolute Gasteiger partial charge is 0.434 e. The number of imidazole rings is 1. The van der Waals surface area contributed by atoms with Gasteiger partial charge in [0.1, 0.15) is 22.9 Å². The van der Waals surface area contributed by atoms with Crippen molar-refractivity contribution in [3.8, 4) is 5.75 Å². The number of fused-ring (bicyclic) bond motifs is 1. The van der Waals surface area contributed by atoms with Crippen LogP contribution >= 0.6 is 0 Å². The molecule has 0 aliphatic rings. The van der Waals surface area contributed by atoms with E-state index in [2.05, 4.69) is 15.3 Å². The van der Waals surface area contributed by atoms with E-state index < -0.39 is 29.9 Å². The van der Waals surface area contributed by atoms with E-state index in [0.29, 0.717) is 0 Å². The van der Waals surface area contributed by atoms with E-state index in [0.717, 1.165) is 22.9 Å². The van der Waals surface area contributed by atoms with Crippen LogP contribution in [0.25, 0.3) is 5.65 Å². The summed E-state index contributed by atoms with van der Waals surface area (Å²) in [6.45, 7) is 3.35. The minimum atomic E-state index is -4.66. The van der Waals surface area contributed by atoms with Crippen LogP contribution in [0.3, 0.4) is 0 Å². The van der Waals surface area contributed by atoms with Crippen molar-refractivity contribution in [2.45, 2.75) is 32.6 Å². The lowest BCUT2D eigenvalue weighted by molar-refractivity contribution is -0.140. The molecule has 0 unspecified atom stereocenters. The van der Waals surface area contributed by atoms with Crippen molar-refractivity contribution in [1.82, 2.24) is 14.4 Å². The summed E-state index contributed by atoms with van der Waals surface area (Å²) >= 11 is 0. The molecule has 0 atom stereocenters. The molecule has 3 heterocycles. The number of anilines is 1. The van der Waals surface area contributed by atoms with Gasteiger partial charge in [-0.1, -0.05) is 6.07 Å². The largest absolute Gasteiger partial charge is 0.490 e. The van der Waals surface area contributed by atoms with Gasteiger partial charge in [0.15, 0.2) is 5.69 Å². The first-order valence-electron chi connectivity index (χ1n) is 8.37. The van der Waals surface area contributed by atoms with Crippen LogP contribution in [0.2, 0.25) is 0 Å². The zero-order valence-corrected chi connectivity index (χ0v) is 15.2. The fourth-order valence-corrected chi connectivity index (χ4v) is 2.50. The fraction of sp³-hybridized carbons (Fsp3) is 0.278.